The number of hydrogen-bond acceptors (Lipinski definition) is 4. The van der Waals surface area contributed by atoms with Crippen LogP contribution in [-0.4, -0.2) is 49.7 Å². The molecule has 8 heteroatoms. The van der Waals surface area contributed by atoms with Gasteiger partial charge in [-0.1, -0.05) is 31.0 Å². The SMILES string of the molecule is NC(=O)c1cc(C(=O)N2C(C(=O)O)CC3CCCCC32)nn1-c1ccccc1. The predicted molar refractivity (Wildman–Crippen MR) is 100 cm³/mol. The van der Waals surface area contributed by atoms with E-state index in [1.807, 2.05) is 6.07 Å². The van der Waals surface area contributed by atoms with Gasteiger partial charge in [0.05, 0.1) is 5.69 Å². The molecule has 3 N–H and O–H groups in total. The first kappa shape index (κ1) is 18.2. The maximum atomic E-state index is 13.3. The zero-order valence-electron chi connectivity index (χ0n) is 15.3. The van der Waals surface area contributed by atoms with Gasteiger partial charge in [0, 0.05) is 12.1 Å². The minimum absolute atomic E-state index is 0.0372. The summed E-state index contributed by atoms with van der Waals surface area (Å²) < 4.78 is 1.33. The van der Waals surface area contributed by atoms with E-state index in [0.29, 0.717) is 12.1 Å². The minimum Gasteiger partial charge on any atom is -0.480 e. The Morgan fingerprint density at radius 1 is 1.11 bits per heavy atom. The molecule has 8 nitrogen and oxygen atoms in total. The predicted octanol–water partition coefficient (Wildman–Crippen LogP) is 1.83. The fourth-order valence-electron chi connectivity index (χ4n) is 4.53. The second-order valence-corrected chi connectivity index (χ2v) is 7.44. The van der Waals surface area contributed by atoms with E-state index in [2.05, 4.69) is 5.10 Å². The van der Waals surface area contributed by atoms with Crippen LogP contribution in [0.2, 0.25) is 0 Å². The molecule has 146 valence electrons. The first-order valence-electron chi connectivity index (χ1n) is 9.48. The zero-order valence-corrected chi connectivity index (χ0v) is 15.3. The van der Waals surface area contributed by atoms with E-state index in [4.69, 9.17) is 5.73 Å². The fraction of sp³-hybridized carbons (Fsp3) is 0.400. The lowest BCUT2D eigenvalue weighted by Crippen LogP contribution is -2.46. The highest BCUT2D eigenvalue weighted by Crippen LogP contribution is 2.40. The van der Waals surface area contributed by atoms with Gasteiger partial charge in [-0.05, 0) is 37.3 Å². The van der Waals surface area contributed by atoms with Crippen LogP contribution in [0.5, 0.6) is 0 Å². The van der Waals surface area contributed by atoms with Crippen molar-refractivity contribution < 1.29 is 19.5 Å². The number of carbonyl (C=O) groups excluding carboxylic acids is 2. The number of rotatable bonds is 4. The van der Waals surface area contributed by atoms with Gasteiger partial charge in [0.1, 0.15) is 11.7 Å². The standard InChI is InChI=1S/C20H22N4O4/c21-18(25)16-11-14(22-24(16)13-7-2-1-3-8-13)19(26)23-15-9-5-4-6-12(15)10-17(23)20(27)28/h1-3,7-8,11-12,15,17H,4-6,9-10H2,(H2,21,25)(H,27,28). The molecule has 1 aromatic heterocycles. The van der Waals surface area contributed by atoms with Gasteiger partial charge in [0.15, 0.2) is 5.69 Å². The summed E-state index contributed by atoms with van der Waals surface area (Å²) in [5, 5.41) is 14.0. The number of amides is 2. The number of carbonyl (C=O) groups is 3. The normalized spacial score (nSPS) is 24.0. The molecule has 1 aromatic carbocycles. The Balaban J connectivity index is 1.73. The lowest BCUT2D eigenvalue weighted by molar-refractivity contribution is -0.141. The highest BCUT2D eigenvalue weighted by Gasteiger charge is 2.48. The van der Waals surface area contributed by atoms with Crippen molar-refractivity contribution in [1.29, 1.82) is 0 Å². The Kier molecular flexibility index (Phi) is 4.62. The van der Waals surface area contributed by atoms with Crippen molar-refractivity contribution in [2.24, 2.45) is 11.7 Å². The minimum atomic E-state index is -1.000. The average Bonchev–Trinajstić information content (AvgIpc) is 3.31. The van der Waals surface area contributed by atoms with Gasteiger partial charge in [-0.25, -0.2) is 9.48 Å². The smallest absolute Gasteiger partial charge is 0.326 e. The zero-order chi connectivity index (χ0) is 19.8. The van der Waals surface area contributed by atoms with E-state index in [-0.39, 0.29) is 23.3 Å². The third-order valence-corrected chi connectivity index (χ3v) is 5.79. The van der Waals surface area contributed by atoms with Crippen molar-refractivity contribution in [1.82, 2.24) is 14.7 Å². The molecular weight excluding hydrogens is 360 g/mol. The number of likely N-dealkylation sites (tertiary alicyclic amines) is 1. The Morgan fingerprint density at radius 3 is 2.50 bits per heavy atom. The van der Waals surface area contributed by atoms with Crippen LogP contribution in [-0.2, 0) is 4.79 Å². The summed E-state index contributed by atoms with van der Waals surface area (Å²) in [4.78, 5) is 38.4. The molecule has 1 saturated heterocycles. The number of benzene rings is 1. The van der Waals surface area contributed by atoms with Gasteiger partial charge in [-0.3, -0.25) is 9.59 Å². The van der Waals surface area contributed by atoms with Crippen LogP contribution in [0.15, 0.2) is 36.4 Å². The van der Waals surface area contributed by atoms with Crippen LogP contribution in [0.4, 0.5) is 0 Å². The first-order chi connectivity index (χ1) is 13.5. The number of nitrogens with two attached hydrogens (primary N) is 1. The fourth-order valence-corrected chi connectivity index (χ4v) is 4.53. The van der Waals surface area contributed by atoms with Crippen molar-refractivity contribution in [3.63, 3.8) is 0 Å². The summed E-state index contributed by atoms with van der Waals surface area (Å²) in [5.41, 5.74) is 6.20. The quantitative estimate of drug-likeness (QED) is 0.836. The Morgan fingerprint density at radius 2 is 1.82 bits per heavy atom. The summed E-state index contributed by atoms with van der Waals surface area (Å²) in [6.45, 7) is 0. The molecule has 0 radical (unpaired) electrons. The molecule has 0 bridgehead atoms. The van der Waals surface area contributed by atoms with Gasteiger partial charge in [0.25, 0.3) is 11.8 Å². The van der Waals surface area contributed by atoms with E-state index in [9.17, 15) is 19.5 Å². The van der Waals surface area contributed by atoms with Crippen LogP contribution >= 0.6 is 0 Å². The number of aromatic nitrogens is 2. The van der Waals surface area contributed by atoms with Crippen LogP contribution in [0, 0.1) is 5.92 Å². The number of carboxylic acids is 1. The molecule has 2 heterocycles. The Hall–Kier alpha value is -3.16. The van der Waals surface area contributed by atoms with Gasteiger partial charge in [-0.15, -0.1) is 0 Å². The van der Waals surface area contributed by atoms with Gasteiger partial charge in [0.2, 0.25) is 0 Å². The second kappa shape index (κ2) is 7.10. The molecule has 0 spiro atoms. The summed E-state index contributed by atoms with van der Waals surface area (Å²) in [7, 11) is 0. The average molecular weight is 382 g/mol. The molecule has 2 aromatic rings. The van der Waals surface area contributed by atoms with Gasteiger partial charge < -0.3 is 15.7 Å². The van der Waals surface area contributed by atoms with Crippen LogP contribution in [0.3, 0.4) is 0 Å². The number of aliphatic carboxylic acids is 1. The van der Waals surface area contributed by atoms with Crippen LogP contribution < -0.4 is 5.73 Å². The van der Waals surface area contributed by atoms with Crippen LogP contribution in [0.1, 0.15) is 53.1 Å². The lowest BCUT2D eigenvalue weighted by Gasteiger charge is -2.32. The Bertz CT molecular complexity index is 924. The number of fused-ring (bicyclic) bond motifs is 1. The molecule has 3 atom stereocenters. The molecule has 1 aliphatic carbocycles. The topological polar surface area (TPSA) is 119 Å². The molecule has 28 heavy (non-hydrogen) atoms. The van der Waals surface area contributed by atoms with Crippen LogP contribution in [0.25, 0.3) is 5.69 Å². The van der Waals surface area contributed by atoms with E-state index in [1.165, 1.54) is 15.6 Å². The maximum absolute atomic E-state index is 13.3. The summed E-state index contributed by atoms with van der Waals surface area (Å²) in [5.74, 6) is -1.97. The molecule has 2 aliphatic rings. The maximum Gasteiger partial charge on any atom is 0.326 e. The molecule has 2 amide bonds. The lowest BCUT2D eigenvalue weighted by atomic mass is 9.84. The summed E-state index contributed by atoms with van der Waals surface area (Å²) in [6.07, 6.45) is 4.23. The van der Waals surface area contributed by atoms with Gasteiger partial charge >= 0.3 is 5.97 Å². The number of nitrogens with zero attached hydrogens (tertiary/aromatic N) is 3. The summed E-state index contributed by atoms with van der Waals surface area (Å²) in [6, 6.07) is 9.30. The highest BCUT2D eigenvalue weighted by molar-refractivity contribution is 5.99. The van der Waals surface area contributed by atoms with E-state index in [0.717, 1.165) is 25.7 Å². The summed E-state index contributed by atoms with van der Waals surface area (Å²) >= 11 is 0. The molecule has 1 aliphatic heterocycles. The van der Waals surface area contributed by atoms with Crippen molar-refractivity contribution in [2.75, 3.05) is 0 Å². The molecule has 3 unspecified atom stereocenters. The Labute approximate surface area is 161 Å². The van der Waals surface area contributed by atoms with Crippen molar-refractivity contribution in [2.45, 2.75) is 44.2 Å². The molecule has 2 fully saturated rings. The van der Waals surface area contributed by atoms with Crippen molar-refractivity contribution in [3.8, 4) is 5.69 Å². The van der Waals surface area contributed by atoms with E-state index >= 15 is 0 Å². The largest absolute Gasteiger partial charge is 0.480 e. The monoisotopic (exact) mass is 382 g/mol. The van der Waals surface area contributed by atoms with Gasteiger partial charge in [-0.2, -0.15) is 5.10 Å². The molecular formula is C20H22N4O4. The van der Waals surface area contributed by atoms with Crippen molar-refractivity contribution >= 4 is 17.8 Å². The van der Waals surface area contributed by atoms with E-state index < -0.39 is 23.8 Å². The molecule has 1 saturated carbocycles. The van der Waals surface area contributed by atoms with Crippen molar-refractivity contribution in [3.05, 3.63) is 47.8 Å². The van der Waals surface area contributed by atoms with E-state index in [1.54, 1.807) is 24.3 Å². The highest BCUT2D eigenvalue weighted by atomic mass is 16.4. The first-order valence-corrected chi connectivity index (χ1v) is 9.48. The second-order valence-electron chi connectivity index (χ2n) is 7.44. The number of para-hydroxylation sites is 1. The third-order valence-electron chi connectivity index (χ3n) is 5.79. The number of carboxylic acid groups (broad SMARTS) is 1. The number of hydrogen-bond donors (Lipinski definition) is 2. The molecule has 4 rings (SSSR count). The number of primary amides is 1. The third kappa shape index (κ3) is 3.04.